The number of pyridine rings is 1. The number of aliphatic hydroxyl groups is 1. The monoisotopic (exact) mass is 536 g/mol. The van der Waals surface area contributed by atoms with Crippen molar-refractivity contribution in [3.05, 3.63) is 51.9 Å². The third kappa shape index (κ3) is 6.26. The first kappa shape index (κ1) is 27.6. The van der Waals surface area contributed by atoms with E-state index in [1.165, 1.54) is 0 Å². The lowest BCUT2D eigenvalue weighted by Gasteiger charge is -2.24. The molecule has 3 heterocycles. The highest BCUT2D eigenvalue weighted by Crippen LogP contribution is 2.29. The van der Waals surface area contributed by atoms with Crippen LogP contribution < -0.4 is 10.9 Å². The van der Waals surface area contributed by atoms with Crippen LogP contribution in [0.25, 0.3) is 22.4 Å². The summed E-state index contributed by atoms with van der Waals surface area (Å²) >= 11 is 0. The predicted molar refractivity (Wildman–Crippen MR) is 149 cm³/mol. The largest absolute Gasteiger partial charge is 0.461 e. The van der Waals surface area contributed by atoms with Gasteiger partial charge in [-0.3, -0.25) is 14.9 Å². The molecule has 9 nitrogen and oxygen atoms in total. The molecule has 1 unspecified atom stereocenters. The topological polar surface area (TPSA) is 108 Å². The summed E-state index contributed by atoms with van der Waals surface area (Å²) in [4.78, 5) is 30.1. The summed E-state index contributed by atoms with van der Waals surface area (Å²) < 4.78 is 15.1. The van der Waals surface area contributed by atoms with Crippen molar-refractivity contribution in [1.82, 2.24) is 19.4 Å². The van der Waals surface area contributed by atoms with Crippen LogP contribution in [0.3, 0.4) is 0 Å². The number of aromatic nitrogens is 3. The Balaban J connectivity index is 1.41. The minimum atomic E-state index is -0.874. The van der Waals surface area contributed by atoms with Crippen LogP contribution in [0.15, 0.2) is 35.3 Å². The zero-order valence-corrected chi connectivity index (χ0v) is 23.2. The number of fused-ring (bicyclic) bond motifs is 1. The van der Waals surface area contributed by atoms with E-state index in [-0.39, 0.29) is 11.7 Å². The van der Waals surface area contributed by atoms with Crippen molar-refractivity contribution in [2.24, 2.45) is 13.0 Å². The first-order valence-electron chi connectivity index (χ1n) is 14.2. The van der Waals surface area contributed by atoms with Gasteiger partial charge in [0.2, 0.25) is 0 Å². The van der Waals surface area contributed by atoms with Crippen molar-refractivity contribution in [2.75, 3.05) is 13.2 Å². The molecule has 2 atom stereocenters. The van der Waals surface area contributed by atoms with E-state index in [4.69, 9.17) is 14.5 Å². The van der Waals surface area contributed by atoms with Crippen molar-refractivity contribution >= 4 is 17.0 Å². The molecule has 0 bridgehead atoms. The lowest BCUT2D eigenvalue weighted by Crippen LogP contribution is -2.46. The van der Waals surface area contributed by atoms with E-state index in [1.807, 2.05) is 31.3 Å². The number of benzene rings is 1. The number of imidazole rings is 1. The summed E-state index contributed by atoms with van der Waals surface area (Å²) in [6.45, 7) is 6.20. The number of aliphatic hydroxyl groups excluding tert-OH is 1. The number of rotatable bonds is 9. The smallest absolute Gasteiger partial charge is 0.326 e. The van der Waals surface area contributed by atoms with Gasteiger partial charge in [0.15, 0.2) is 0 Å². The second-order valence-corrected chi connectivity index (χ2v) is 11.2. The molecule has 3 aromatic rings. The van der Waals surface area contributed by atoms with Gasteiger partial charge in [-0.1, -0.05) is 6.07 Å². The average Bonchev–Trinajstić information content (AvgIpc) is 3.55. The van der Waals surface area contributed by atoms with E-state index >= 15 is 0 Å². The maximum absolute atomic E-state index is 12.8. The molecule has 2 fully saturated rings. The van der Waals surface area contributed by atoms with Gasteiger partial charge in [0.05, 0.1) is 17.1 Å². The lowest BCUT2D eigenvalue weighted by molar-refractivity contribution is -0.154. The highest BCUT2D eigenvalue weighted by Gasteiger charge is 2.29. The molecule has 0 radical (unpaired) electrons. The van der Waals surface area contributed by atoms with E-state index in [0.717, 1.165) is 86.3 Å². The number of carbonyl (C=O) groups excluding carboxylic acids is 1. The van der Waals surface area contributed by atoms with E-state index < -0.39 is 18.1 Å². The SMILES string of the molecule is Cc1cc(-c2nc3cc(CN[C@H](C(=O)OC4CCCC4)C(C)O)ccc3n2CC2CCOCC2)cn(C)c1=O. The van der Waals surface area contributed by atoms with E-state index in [1.54, 1.807) is 18.5 Å². The Labute approximate surface area is 229 Å². The highest BCUT2D eigenvalue weighted by atomic mass is 16.5. The van der Waals surface area contributed by atoms with Crippen molar-refractivity contribution < 1.29 is 19.4 Å². The van der Waals surface area contributed by atoms with Crippen LogP contribution in [0, 0.1) is 12.8 Å². The Bertz CT molecular complexity index is 1340. The van der Waals surface area contributed by atoms with E-state index in [2.05, 4.69) is 16.0 Å². The van der Waals surface area contributed by atoms with Gasteiger partial charge < -0.3 is 23.7 Å². The molecular formula is C30H40N4O5. The Hall–Kier alpha value is -3.01. The highest BCUT2D eigenvalue weighted by molar-refractivity contribution is 5.81. The van der Waals surface area contributed by atoms with Crippen LogP contribution in [0.1, 0.15) is 56.6 Å². The number of nitrogens with one attached hydrogen (secondary N) is 1. The van der Waals surface area contributed by atoms with Crippen LogP contribution in [-0.4, -0.2) is 56.7 Å². The average molecular weight is 537 g/mol. The maximum atomic E-state index is 12.8. The van der Waals surface area contributed by atoms with Gasteiger partial charge >= 0.3 is 5.97 Å². The fourth-order valence-electron chi connectivity index (χ4n) is 5.80. The van der Waals surface area contributed by atoms with Gasteiger partial charge in [-0.25, -0.2) is 4.98 Å². The molecule has 1 aliphatic heterocycles. The lowest BCUT2D eigenvalue weighted by atomic mass is 10.00. The summed E-state index contributed by atoms with van der Waals surface area (Å²) in [5.41, 5.74) is 4.41. The number of aryl methyl sites for hydroxylation is 2. The van der Waals surface area contributed by atoms with Crippen LogP contribution >= 0.6 is 0 Å². The number of nitrogens with zero attached hydrogens (tertiary/aromatic N) is 3. The number of esters is 1. The molecule has 2 aliphatic rings. The molecule has 1 aromatic carbocycles. The summed E-state index contributed by atoms with van der Waals surface area (Å²) in [6.07, 6.45) is 6.88. The molecule has 0 spiro atoms. The predicted octanol–water partition coefficient (Wildman–Crippen LogP) is 3.46. The summed E-state index contributed by atoms with van der Waals surface area (Å²) in [5.74, 6) is 0.927. The molecule has 1 saturated carbocycles. The minimum absolute atomic E-state index is 0.0154. The second-order valence-electron chi connectivity index (χ2n) is 11.2. The summed E-state index contributed by atoms with van der Waals surface area (Å²) in [6, 6.07) is 7.26. The van der Waals surface area contributed by atoms with E-state index in [9.17, 15) is 14.7 Å². The first-order chi connectivity index (χ1) is 18.8. The summed E-state index contributed by atoms with van der Waals surface area (Å²) in [5, 5.41) is 13.5. The standard InChI is InChI=1S/C30H40N4O5/c1-19-14-23(18-33(3)29(19)36)28-32-25-15-22(8-9-26(25)34(28)17-21-10-12-38-13-11-21)16-31-27(20(2)35)30(37)39-24-6-4-5-7-24/h8-9,14-15,18,20-21,24,27,31,35H,4-7,10-13,16-17H2,1-3H3/t20?,27-/m0/s1. The van der Waals surface area contributed by atoms with Crippen LogP contribution in [-0.2, 0) is 34.4 Å². The molecule has 9 heteroatoms. The van der Waals surface area contributed by atoms with Crippen LogP contribution in [0.2, 0.25) is 0 Å². The number of carbonyl (C=O) groups is 1. The molecular weight excluding hydrogens is 496 g/mol. The molecule has 1 saturated heterocycles. The van der Waals surface area contributed by atoms with Gasteiger partial charge in [0.1, 0.15) is 18.0 Å². The van der Waals surface area contributed by atoms with Crippen molar-refractivity contribution in [3.8, 4) is 11.4 Å². The van der Waals surface area contributed by atoms with Crippen molar-refractivity contribution in [1.29, 1.82) is 0 Å². The number of hydrogen-bond donors (Lipinski definition) is 2. The summed E-state index contributed by atoms with van der Waals surface area (Å²) in [7, 11) is 1.77. The van der Waals surface area contributed by atoms with Gasteiger partial charge in [0, 0.05) is 50.7 Å². The zero-order chi connectivity index (χ0) is 27.5. The van der Waals surface area contributed by atoms with Crippen molar-refractivity contribution in [3.63, 3.8) is 0 Å². The third-order valence-electron chi connectivity index (χ3n) is 8.06. The molecule has 2 aromatic heterocycles. The van der Waals surface area contributed by atoms with Crippen LogP contribution in [0.4, 0.5) is 0 Å². The Morgan fingerprint density at radius 3 is 2.64 bits per heavy atom. The van der Waals surface area contributed by atoms with Gasteiger partial charge in [-0.2, -0.15) is 0 Å². The third-order valence-corrected chi connectivity index (χ3v) is 8.06. The molecule has 2 N–H and O–H groups in total. The molecule has 39 heavy (non-hydrogen) atoms. The van der Waals surface area contributed by atoms with Crippen LogP contribution in [0.5, 0.6) is 0 Å². The fraction of sp³-hybridized carbons (Fsp3) is 0.567. The number of ether oxygens (including phenoxy) is 2. The van der Waals surface area contributed by atoms with Gasteiger partial charge in [-0.15, -0.1) is 0 Å². The maximum Gasteiger partial charge on any atom is 0.326 e. The van der Waals surface area contributed by atoms with Crippen molar-refractivity contribution in [2.45, 2.75) is 83.7 Å². The van der Waals surface area contributed by atoms with Gasteiger partial charge in [0.25, 0.3) is 5.56 Å². The first-order valence-corrected chi connectivity index (χ1v) is 14.2. The Morgan fingerprint density at radius 1 is 1.21 bits per heavy atom. The normalized spacial score (nSPS) is 18.5. The second kappa shape index (κ2) is 12.0. The molecule has 210 valence electrons. The fourth-order valence-corrected chi connectivity index (χ4v) is 5.80. The Kier molecular flexibility index (Phi) is 8.49. The Morgan fingerprint density at radius 2 is 1.95 bits per heavy atom. The zero-order valence-electron chi connectivity index (χ0n) is 23.2. The van der Waals surface area contributed by atoms with Gasteiger partial charge in [-0.05, 0) is 82.1 Å². The number of hydrogen-bond acceptors (Lipinski definition) is 7. The van der Waals surface area contributed by atoms with E-state index in [0.29, 0.717) is 18.0 Å². The molecule has 0 amide bonds. The minimum Gasteiger partial charge on any atom is -0.461 e. The molecule has 1 aliphatic carbocycles. The quantitative estimate of drug-likeness (QED) is 0.403. The molecule has 5 rings (SSSR count).